The van der Waals surface area contributed by atoms with Gasteiger partial charge in [0.2, 0.25) is 0 Å². The van der Waals surface area contributed by atoms with E-state index >= 15 is 0 Å². The van der Waals surface area contributed by atoms with Crippen molar-refractivity contribution in [2.45, 2.75) is 13.8 Å². The Morgan fingerprint density at radius 3 is 2.45 bits per heavy atom. The first-order valence-electron chi connectivity index (χ1n) is 9.46. The lowest BCUT2D eigenvalue weighted by molar-refractivity contribution is 0.926. The van der Waals surface area contributed by atoms with Gasteiger partial charge in [-0.25, -0.2) is 14.5 Å². The summed E-state index contributed by atoms with van der Waals surface area (Å²) < 4.78 is 3.88. The lowest BCUT2D eigenvalue weighted by Crippen LogP contribution is -2.07. The fourth-order valence-corrected chi connectivity index (χ4v) is 3.69. The molecule has 0 fully saturated rings. The second-order valence-corrected chi connectivity index (χ2v) is 7.35. The van der Waals surface area contributed by atoms with Crippen molar-refractivity contribution in [3.8, 4) is 17.1 Å². The van der Waals surface area contributed by atoms with Crippen LogP contribution in [0.1, 0.15) is 11.3 Å². The molecule has 4 aromatic heterocycles. The molecular formula is C22H21N7. The third-order valence-corrected chi connectivity index (χ3v) is 5.38. The van der Waals surface area contributed by atoms with Gasteiger partial charge in [-0.3, -0.25) is 9.55 Å². The van der Waals surface area contributed by atoms with E-state index in [0.29, 0.717) is 5.82 Å². The molecular weight excluding hydrogens is 362 g/mol. The Bertz CT molecular complexity index is 1330. The van der Waals surface area contributed by atoms with Crippen molar-refractivity contribution in [2.24, 2.45) is 0 Å². The smallest absolute Gasteiger partial charge is 0.182 e. The van der Waals surface area contributed by atoms with Crippen LogP contribution in [0, 0.1) is 13.8 Å². The molecule has 5 rings (SSSR count). The average Bonchev–Trinajstić information content (AvgIpc) is 3.28. The van der Waals surface area contributed by atoms with Crippen LogP contribution < -0.4 is 4.90 Å². The zero-order chi connectivity index (χ0) is 20.1. The number of anilines is 1. The molecule has 0 spiro atoms. The quantitative estimate of drug-likeness (QED) is 0.474. The van der Waals surface area contributed by atoms with Crippen LogP contribution in [0.2, 0.25) is 0 Å². The Morgan fingerprint density at radius 1 is 0.966 bits per heavy atom. The molecule has 0 N–H and O–H groups in total. The molecule has 29 heavy (non-hydrogen) atoms. The molecule has 0 saturated heterocycles. The number of aryl methyl sites for hydroxylation is 1. The molecule has 0 saturated carbocycles. The van der Waals surface area contributed by atoms with Crippen molar-refractivity contribution in [3.05, 3.63) is 66.4 Å². The van der Waals surface area contributed by atoms with E-state index in [1.54, 1.807) is 17.0 Å². The molecule has 0 aliphatic carbocycles. The summed E-state index contributed by atoms with van der Waals surface area (Å²) in [6.07, 6.45) is 5.35. The fraction of sp³-hybridized carbons (Fsp3) is 0.182. The third-order valence-electron chi connectivity index (χ3n) is 5.38. The number of aromatic nitrogens is 6. The van der Waals surface area contributed by atoms with Crippen LogP contribution in [0.25, 0.3) is 33.8 Å². The van der Waals surface area contributed by atoms with E-state index in [1.807, 2.05) is 44.6 Å². The maximum Gasteiger partial charge on any atom is 0.182 e. The molecule has 0 bridgehead atoms. The van der Waals surface area contributed by atoms with E-state index in [-0.39, 0.29) is 0 Å². The second kappa shape index (κ2) is 6.41. The van der Waals surface area contributed by atoms with Gasteiger partial charge in [0.25, 0.3) is 0 Å². The minimum absolute atomic E-state index is 0.691. The first-order valence-corrected chi connectivity index (χ1v) is 9.46. The van der Waals surface area contributed by atoms with Gasteiger partial charge in [0.1, 0.15) is 6.33 Å². The van der Waals surface area contributed by atoms with Crippen LogP contribution in [-0.4, -0.2) is 43.2 Å². The van der Waals surface area contributed by atoms with E-state index in [9.17, 15) is 0 Å². The number of hydrogen-bond acceptors (Lipinski definition) is 5. The van der Waals surface area contributed by atoms with Gasteiger partial charge in [0.15, 0.2) is 17.1 Å². The lowest BCUT2D eigenvalue weighted by atomic mass is 10.2. The summed E-state index contributed by atoms with van der Waals surface area (Å²) in [4.78, 5) is 15.9. The number of fused-ring (bicyclic) bond motifs is 3. The normalized spacial score (nSPS) is 11.4. The summed E-state index contributed by atoms with van der Waals surface area (Å²) in [5.74, 6) is 0.691. The van der Waals surface area contributed by atoms with E-state index < -0.39 is 0 Å². The molecule has 0 aliphatic heterocycles. The van der Waals surface area contributed by atoms with E-state index in [4.69, 9.17) is 9.97 Å². The standard InChI is InChI=1S/C22H21N7/c1-14-15(2)29(18-6-5-11-23-12-18)21-19(14)22-25-20(26-28(22)13-24-21)16-7-9-17(10-8-16)27(3)4/h5-13H,1-4H3. The molecule has 0 unspecified atom stereocenters. The lowest BCUT2D eigenvalue weighted by Gasteiger charge is -2.11. The predicted molar refractivity (Wildman–Crippen MR) is 115 cm³/mol. The minimum atomic E-state index is 0.691. The number of nitrogens with zero attached hydrogens (tertiary/aromatic N) is 7. The Kier molecular flexibility index (Phi) is 3.84. The minimum Gasteiger partial charge on any atom is -0.378 e. The van der Waals surface area contributed by atoms with Crippen LogP contribution in [0.15, 0.2) is 55.1 Å². The van der Waals surface area contributed by atoms with Crippen LogP contribution in [0.3, 0.4) is 0 Å². The summed E-state index contributed by atoms with van der Waals surface area (Å²) in [5, 5.41) is 5.68. The first kappa shape index (κ1) is 17.4. The van der Waals surface area contributed by atoms with Gasteiger partial charge in [-0.2, -0.15) is 0 Å². The van der Waals surface area contributed by atoms with E-state index in [0.717, 1.165) is 44.9 Å². The van der Waals surface area contributed by atoms with Gasteiger partial charge in [0, 0.05) is 37.2 Å². The monoisotopic (exact) mass is 383 g/mol. The molecule has 0 radical (unpaired) electrons. The maximum atomic E-state index is 4.86. The number of rotatable bonds is 3. The van der Waals surface area contributed by atoms with Crippen molar-refractivity contribution >= 4 is 22.4 Å². The van der Waals surface area contributed by atoms with Crippen molar-refractivity contribution in [3.63, 3.8) is 0 Å². The second-order valence-electron chi connectivity index (χ2n) is 7.35. The number of benzene rings is 1. The first-order chi connectivity index (χ1) is 14.0. The molecule has 0 atom stereocenters. The Hall–Kier alpha value is -3.74. The van der Waals surface area contributed by atoms with Gasteiger partial charge in [-0.15, -0.1) is 5.10 Å². The summed E-state index contributed by atoms with van der Waals surface area (Å²) in [6.45, 7) is 4.20. The van der Waals surface area contributed by atoms with Gasteiger partial charge < -0.3 is 4.90 Å². The van der Waals surface area contributed by atoms with Crippen LogP contribution in [0.5, 0.6) is 0 Å². The highest BCUT2D eigenvalue weighted by Gasteiger charge is 2.19. The predicted octanol–water partition coefficient (Wildman–Crippen LogP) is 3.81. The Labute approximate surface area is 168 Å². The van der Waals surface area contributed by atoms with Gasteiger partial charge in [-0.05, 0) is 55.8 Å². The molecule has 4 heterocycles. The Balaban J connectivity index is 1.72. The molecule has 0 amide bonds. The zero-order valence-electron chi connectivity index (χ0n) is 16.8. The molecule has 1 aromatic carbocycles. The van der Waals surface area contributed by atoms with Crippen molar-refractivity contribution < 1.29 is 0 Å². The van der Waals surface area contributed by atoms with Gasteiger partial charge in [-0.1, -0.05) is 0 Å². The van der Waals surface area contributed by atoms with E-state index in [1.165, 1.54) is 0 Å². The molecule has 0 aliphatic rings. The molecule has 144 valence electrons. The summed E-state index contributed by atoms with van der Waals surface area (Å²) in [6, 6.07) is 12.2. The number of pyridine rings is 1. The topological polar surface area (TPSA) is 64.1 Å². The fourth-order valence-electron chi connectivity index (χ4n) is 3.69. The maximum absolute atomic E-state index is 4.86. The van der Waals surface area contributed by atoms with Crippen LogP contribution >= 0.6 is 0 Å². The molecule has 7 nitrogen and oxygen atoms in total. The summed E-state index contributed by atoms with van der Waals surface area (Å²) in [7, 11) is 4.05. The van der Waals surface area contributed by atoms with E-state index in [2.05, 4.69) is 45.5 Å². The summed E-state index contributed by atoms with van der Waals surface area (Å²) >= 11 is 0. The highest BCUT2D eigenvalue weighted by molar-refractivity contribution is 5.95. The van der Waals surface area contributed by atoms with Gasteiger partial charge >= 0.3 is 0 Å². The highest BCUT2D eigenvalue weighted by Crippen LogP contribution is 2.30. The van der Waals surface area contributed by atoms with Crippen LogP contribution in [0.4, 0.5) is 5.69 Å². The Morgan fingerprint density at radius 2 is 1.76 bits per heavy atom. The largest absolute Gasteiger partial charge is 0.378 e. The average molecular weight is 383 g/mol. The summed E-state index contributed by atoms with van der Waals surface area (Å²) in [5.41, 5.74) is 7.04. The van der Waals surface area contributed by atoms with Crippen LogP contribution in [-0.2, 0) is 0 Å². The van der Waals surface area contributed by atoms with Crippen molar-refractivity contribution in [2.75, 3.05) is 19.0 Å². The highest BCUT2D eigenvalue weighted by atomic mass is 15.3. The SMILES string of the molecule is Cc1c(C)n(-c2cccnc2)c2ncn3nc(-c4ccc(N(C)C)cc4)nc3c12. The third kappa shape index (κ3) is 2.66. The van der Waals surface area contributed by atoms with Gasteiger partial charge in [0.05, 0.1) is 17.3 Å². The number of hydrogen-bond donors (Lipinski definition) is 0. The molecule has 5 aromatic rings. The van der Waals surface area contributed by atoms with Crippen molar-refractivity contribution in [1.29, 1.82) is 0 Å². The zero-order valence-corrected chi connectivity index (χ0v) is 16.8. The molecule has 7 heteroatoms. The van der Waals surface area contributed by atoms with Crippen molar-refractivity contribution in [1.82, 2.24) is 29.1 Å².